The van der Waals surface area contributed by atoms with Crippen LogP contribution < -0.4 is 4.90 Å². The molecule has 29 heavy (non-hydrogen) atoms. The predicted molar refractivity (Wildman–Crippen MR) is 122 cm³/mol. The van der Waals surface area contributed by atoms with E-state index in [2.05, 4.69) is 41.9 Å². The molecule has 0 aliphatic carbocycles. The van der Waals surface area contributed by atoms with Gasteiger partial charge in [-0.1, -0.05) is 13.8 Å². The summed E-state index contributed by atoms with van der Waals surface area (Å²) in [6, 6.07) is 3.99. The summed E-state index contributed by atoms with van der Waals surface area (Å²) in [6.07, 6.45) is 6.19. The lowest BCUT2D eigenvalue weighted by Gasteiger charge is -2.36. The van der Waals surface area contributed by atoms with Crippen LogP contribution in [0.1, 0.15) is 31.5 Å². The van der Waals surface area contributed by atoms with Gasteiger partial charge in [-0.2, -0.15) is 0 Å². The molecule has 3 rings (SSSR count). The zero-order valence-corrected chi connectivity index (χ0v) is 18.7. The van der Waals surface area contributed by atoms with E-state index in [0.717, 1.165) is 61.3 Å². The molecule has 2 aromatic rings. The maximum absolute atomic E-state index is 12.6. The number of hydrogen-bond donors (Lipinski definition) is 0. The molecule has 1 aliphatic heterocycles. The molecule has 1 fully saturated rings. The van der Waals surface area contributed by atoms with E-state index in [0.29, 0.717) is 6.42 Å². The van der Waals surface area contributed by atoms with Gasteiger partial charge in [0.2, 0.25) is 5.91 Å². The Morgan fingerprint density at radius 1 is 1.17 bits per heavy atom. The molecular weight excluding hydrogens is 382 g/mol. The zero-order chi connectivity index (χ0) is 21.2. The number of piperazine rings is 1. The summed E-state index contributed by atoms with van der Waals surface area (Å²) in [5.74, 6) is 2.32. The van der Waals surface area contributed by atoms with Crippen molar-refractivity contribution in [1.29, 1.82) is 0 Å². The molecule has 0 N–H and O–H groups in total. The van der Waals surface area contributed by atoms with Crippen molar-refractivity contribution in [3.05, 3.63) is 49.1 Å². The van der Waals surface area contributed by atoms with Gasteiger partial charge in [0.25, 0.3) is 0 Å². The number of rotatable bonds is 7. The second-order valence-corrected chi connectivity index (χ2v) is 7.92. The fraction of sp³-hybridized carbons (Fsp3) is 0.500. The van der Waals surface area contributed by atoms with E-state index in [1.54, 1.807) is 6.33 Å². The quantitative estimate of drug-likeness (QED) is 0.393. The standard InChI is InChI=1S/C20H29N5OS.C2H4/c1-4-13-27-20-17(5-2)19(21-15-22-20)25-11-9-24(10-12-25)18(26)14-16-7-6-8-23(16)3;1-2/h6-8,15H,4-5,9-14H2,1-3H3;1-2H2. The minimum Gasteiger partial charge on any atom is -0.354 e. The molecular formula is C22H33N5OS. The number of aryl methyl sites for hydroxylation is 1. The molecule has 1 saturated heterocycles. The normalized spacial score (nSPS) is 13.8. The van der Waals surface area contributed by atoms with Crippen LogP contribution in [0.2, 0.25) is 0 Å². The molecule has 7 heteroatoms. The summed E-state index contributed by atoms with van der Waals surface area (Å²) in [4.78, 5) is 26.0. The molecule has 2 aromatic heterocycles. The van der Waals surface area contributed by atoms with E-state index in [4.69, 9.17) is 0 Å². The number of thioether (sulfide) groups is 1. The van der Waals surface area contributed by atoms with E-state index in [1.807, 2.05) is 46.6 Å². The summed E-state index contributed by atoms with van der Waals surface area (Å²) in [5, 5.41) is 1.10. The highest BCUT2D eigenvalue weighted by Gasteiger charge is 2.24. The van der Waals surface area contributed by atoms with Crippen LogP contribution in [0, 0.1) is 0 Å². The Kier molecular flexibility index (Phi) is 9.25. The molecule has 0 atom stereocenters. The third-order valence-electron chi connectivity index (χ3n) is 5.00. The van der Waals surface area contributed by atoms with Gasteiger partial charge in [0.1, 0.15) is 17.2 Å². The topological polar surface area (TPSA) is 54.3 Å². The van der Waals surface area contributed by atoms with Crippen molar-refractivity contribution < 1.29 is 4.79 Å². The maximum Gasteiger partial charge on any atom is 0.228 e. The van der Waals surface area contributed by atoms with Crippen LogP contribution in [0.15, 0.2) is 42.8 Å². The number of hydrogen-bond acceptors (Lipinski definition) is 5. The van der Waals surface area contributed by atoms with Crippen molar-refractivity contribution in [2.24, 2.45) is 7.05 Å². The third kappa shape index (κ3) is 5.85. The number of carbonyl (C=O) groups excluding carboxylic acids is 1. The Labute approximate surface area is 179 Å². The molecule has 1 aliphatic rings. The van der Waals surface area contributed by atoms with Crippen molar-refractivity contribution in [3.8, 4) is 0 Å². The van der Waals surface area contributed by atoms with E-state index < -0.39 is 0 Å². The van der Waals surface area contributed by atoms with Gasteiger partial charge in [0.05, 0.1) is 6.42 Å². The molecule has 0 aromatic carbocycles. The first kappa shape index (κ1) is 23.0. The first-order valence-corrected chi connectivity index (χ1v) is 11.2. The van der Waals surface area contributed by atoms with E-state index in [1.165, 1.54) is 5.56 Å². The number of amides is 1. The number of aromatic nitrogens is 3. The Bertz CT molecular complexity index is 783. The van der Waals surface area contributed by atoms with Crippen LogP contribution in [0.25, 0.3) is 0 Å². The summed E-state index contributed by atoms with van der Waals surface area (Å²) in [7, 11) is 1.98. The van der Waals surface area contributed by atoms with Crippen LogP contribution in [0.4, 0.5) is 5.82 Å². The van der Waals surface area contributed by atoms with Crippen LogP contribution in [0.3, 0.4) is 0 Å². The van der Waals surface area contributed by atoms with Crippen LogP contribution in [-0.4, -0.2) is 57.3 Å². The Morgan fingerprint density at radius 2 is 1.90 bits per heavy atom. The van der Waals surface area contributed by atoms with Gasteiger partial charge in [-0.15, -0.1) is 24.9 Å². The lowest BCUT2D eigenvalue weighted by atomic mass is 10.2. The first-order chi connectivity index (χ1) is 14.1. The maximum atomic E-state index is 12.6. The average molecular weight is 416 g/mol. The van der Waals surface area contributed by atoms with E-state index in [9.17, 15) is 4.79 Å². The van der Waals surface area contributed by atoms with Crippen molar-refractivity contribution in [2.75, 3.05) is 36.8 Å². The van der Waals surface area contributed by atoms with Crippen molar-refractivity contribution in [1.82, 2.24) is 19.4 Å². The van der Waals surface area contributed by atoms with Gasteiger partial charge in [-0.05, 0) is 30.7 Å². The predicted octanol–water partition coefficient (Wildman–Crippen LogP) is 3.57. The monoisotopic (exact) mass is 415 g/mol. The van der Waals surface area contributed by atoms with Crippen molar-refractivity contribution in [2.45, 2.75) is 38.1 Å². The van der Waals surface area contributed by atoms with Crippen LogP contribution in [-0.2, 0) is 24.7 Å². The number of carbonyl (C=O) groups is 1. The Hall–Kier alpha value is -2.28. The second kappa shape index (κ2) is 11.7. The van der Waals surface area contributed by atoms with Gasteiger partial charge < -0.3 is 14.4 Å². The number of anilines is 1. The molecule has 3 heterocycles. The van der Waals surface area contributed by atoms with E-state index >= 15 is 0 Å². The molecule has 0 spiro atoms. The minimum atomic E-state index is 0.203. The van der Waals surface area contributed by atoms with Gasteiger partial charge in [-0.25, -0.2) is 9.97 Å². The molecule has 0 bridgehead atoms. The molecule has 1 amide bonds. The Morgan fingerprint density at radius 3 is 2.48 bits per heavy atom. The van der Waals surface area contributed by atoms with Crippen molar-refractivity contribution >= 4 is 23.5 Å². The summed E-state index contributed by atoms with van der Waals surface area (Å²) < 4.78 is 2.01. The zero-order valence-electron chi connectivity index (χ0n) is 17.9. The van der Waals surface area contributed by atoms with Crippen LogP contribution in [0.5, 0.6) is 0 Å². The van der Waals surface area contributed by atoms with E-state index in [-0.39, 0.29) is 5.91 Å². The number of nitrogens with zero attached hydrogens (tertiary/aromatic N) is 5. The SMILES string of the molecule is C=C.CCCSc1ncnc(N2CCN(C(=O)Cc3cccn3C)CC2)c1CC. The summed E-state index contributed by atoms with van der Waals surface area (Å²) >= 11 is 1.81. The van der Waals surface area contributed by atoms with Crippen molar-refractivity contribution in [3.63, 3.8) is 0 Å². The molecule has 6 nitrogen and oxygen atoms in total. The molecule has 0 radical (unpaired) electrons. The highest BCUT2D eigenvalue weighted by atomic mass is 32.2. The fourth-order valence-electron chi connectivity index (χ4n) is 3.41. The van der Waals surface area contributed by atoms with Gasteiger partial charge in [0, 0.05) is 50.7 Å². The highest BCUT2D eigenvalue weighted by molar-refractivity contribution is 7.99. The summed E-state index contributed by atoms with van der Waals surface area (Å²) in [6.45, 7) is 13.5. The minimum absolute atomic E-state index is 0.203. The largest absolute Gasteiger partial charge is 0.354 e. The van der Waals surface area contributed by atoms with Crippen LogP contribution >= 0.6 is 11.8 Å². The Balaban J connectivity index is 0.00000145. The lowest BCUT2D eigenvalue weighted by molar-refractivity contribution is -0.130. The average Bonchev–Trinajstić information content (AvgIpc) is 3.17. The second-order valence-electron chi connectivity index (χ2n) is 6.84. The molecule has 0 unspecified atom stereocenters. The molecule has 158 valence electrons. The van der Waals surface area contributed by atoms with Gasteiger partial charge in [-0.3, -0.25) is 4.79 Å². The first-order valence-electron chi connectivity index (χ1n) is 10.2. The third-order valence-corrected chi connectivity index (χ3v) is 6.23. The van der Waals surface area contributed by atoms with Gasteiger partial charge >= 0.3 is 0 Å². The lowest BCUT2D eigenvalue weighted by Crippen LogP contribution is -2.49. The fourth-order valence-corrected chi connectivity index (χ4v) is 4.34. The molecule has 0 saturated carbocycles. The summed E-state index contributed by atoms with van der Waals surface area (Å²) in [5.41, 5.74) is 2.30. The smallest absolute Gasteiger partial charge is 0.228 e. The van der Waals surface area contributed by atoms with Gasteiger partial charge in [0.15, 0.2) is 0 Å². The highest BCUT2D eigenvalue weighted by Crippen LogP contribution is 2.28.